The Morgan fingerprint density at radius 1 is 1.09 bits per heavy atom. The van der Waals surface area contributed by atoms with E-state index in [2.05, 4.69) is 10.3 Å². The van der Waals surface area contributed by atoms with Crippen LogP contribution in [0.15, 0.2) is 59.2 Å². The fourth-order valence-corrected chi connectivity index (χ4v) is 3.41. The van der Waals surface area contributed by atoms with Crippen LogP contribution >= 0.6 is 0 Å². The van der Waals surface area contributed by atoms with E-state index in [4.69, 9.17) is 18.6 Å². The molecule has 170 valence electrons. The van der Waals surface area contributed by atoms with Gasteiger partial charge in [0.2, 0.25) is 5.89 Å². The summed E-state index contributed by atoms with van der Waals surface area (Å²) in [6, 6.07) is 15.6. The second-order valence-electron chi connectivity index (χ2n) is 7.47. The van der Waals surface area contributed by atoms with E-state index in [1.165, 1.54) is 0 Å². The second-order valence-corrected chi connectivity index (χ2v) is 7.47. The number of hydrogen-bond donors (Lipinski definition) is 1. The Morgan fingerprint density at radius 3 is 2.70 bits per heavy atom. The number of nitrogens with zero attached hydrogens (tertiary/aromatic N) is 1. The van der Waals surface area contributed by atoms with E-state index in [-0.39, 0.29) is 12.5 Å². The molecule has 3 aromatic rings. The molecule has 1 fully saturated rings. The van der Waals surface area contributed by atoms with Gasteiger partial charge in [-0.2, -0.15) is 0 Å². The summed E-state index contributed by atoms with van der Waals surface area (Å²) in [5.41, 5.74) is 2.75. The van der Waals surface area contributed by atoms with Crippen molar-refractivity contribution in [1.29, 1.82) is 0 Å². The molecule has 1 atom stereocenters. The highest BCUT2D eigenvalue weighted by Gasteiger charge is 2.31. The predicted octanol–water partition coefficient (Wildman–Crippen LogP) is 4.39. The fraction of sp³-hybridized carbons (Fsp3) is 0.240. The minimum Gasteiger partial charge on any atom is -0.493 e. The van der Waals surface area contributed by atoms with Gasteiger partial charge in [-0.25, -0.2) is 9.78 Å². The Kier molecular flexibility index (Phi) is 7.04. The molecule has 2 amide bonds. The van der Waals surface area contributed by atoms with Crippen LogP contribution < -0.4 is 14.8 Å². The molecule has 0 aliphatic carbocycles. The number of methoxy groups -OCH3 is 1. The third-order valence-corrected chi connectivity index (χ3v) is 5.09. The highest BCUT2D eigenvalue weighted by Crippen LogP contribution is 2.29. The molecule has 1 saturated heterocycles. The molecule has 1 aromatic heterocycles. The molecule has 2 aromatic carbocycles. The number of alkyl carbamates (subject to hydrolysis) is 1. The number of carbonyl (C=O) groups is 2. The van der Waals surface area contributed by atoms with Crippen LogP contribution in [0.25, 0.3) is 12.2 Å². The van der Waals surface area contributed by atoms with E-state index in [1.807, 2.05) is 60.7 Å². The zero-order valence-electron chi connectivity index (χ0n) is 18.2. The number of oxazole rings is 1. The molecule has 1 aliphatic rings. The van der Waals surface area contributed by atoms with Gasteiger partial charge in [0, 0.05) is 6.08 Å². The quantitative estimate of drug-likeness (QED) is 0.491. The van der Waals surface area contributed by atoms with Crippen LogP contribution in [0.3, 0.4) is 0 Å². The van der Waals surface area contributed by atoms with Gasteiger partial charge in [0.15, 0.2) is 17.6 Å². The third kappa shape index (κ3) is 6.00. The summed E-state index contributed by atoms with van der Waals surface area (Å²) in [7, 11) is 1.58. The lowest BCUT2D eigenvalue weighted by molar-refractivity contribution is -0.123. The number of amides is 2. The molecule has 4 rings (SSSR count). The van der Waals surface area contributed by atoms with Crippen LogP contribution in [0.2, 0.25) is 0 Å². The summed E-state index contributed by atoms with van der Waals surface area (Å²) in [5.74, 6) is 1.31. The van der Waals surface area contributed by atoms with Gasteiger partial charge in [-0.05, 0) is 48.6 Å². The van der Waals surface area contributed by atoms with Crippen LogP contribution in [0.1, 0.15) is 35.6 Å². The molecule has 1 N–H and O–H groups in total. The molecule has 8 nitrogen and oxygen atoms in total. The number of cyclic esters (lactones) is 1. The number of rotatable bonds is 10. The molecule has 1 aliphatic heterocycles. The minimum absolute atomic E-state index is 0.237. The lowest BCUT2D eigenvalue weighted by Gasteiger charge is -2.12. The summed E-state index contributed by atoms with van der Waals surface area (Å²) in [4.78, 5) is 27.0. The van der Waals surface area contributed by atoms with E-state index in [9.17, 15) is 9.59 Å². The molecule has 0 spiro atoms. The van der Waals surface area contributed by atoms with Gasteiger partial charge < -0.3 is 18.6 Å². The zero-order valence-corrected chi connectivity index (χ0v) is 18.2. The Labute approximate surface area is 191 Å². The zero-order chi connectivity index (χ0) is 23.0. The van der Waals surface area contributed by atoms with Gasteiger partial charge in [0.05, 0.1) is 7.11 Å². The highest BCUT2D eigenvalue weighted by atomic mass is 16.6. The van der Waals surface area contributed by atoms with Crippen molar-refractivity contribution in [3.05, 3.63) is 77.5 Å². The molecule has 8 heteroatoms. The first-order chi connectivity index (χ1) is 16.1. The van der Waals surface area contributed by atoms with Gasteiger partial charge >= 0.3 is 6.09 Å². The average molecular weight is 448 g/mol. The number of aryl methyl sites for hydroxylation is 1. The molecule has 33 heavy (non-hydrogen) atoms. The van der Waals surface area contributed by atoms with Crippen molar-refractivity contribution in [2.45, 2.75) is 32.0 Å². The molecule has 0 saturated carbocycles. The fourth-order valence-electron chi connectivity index (χ4n) is 3.41. The third-order valence-electron chi connectivity index (χ3n) is 5.09. The van der Waals surface area contributed by atoms with Crippen LogP contribution in [0.5, 0.6) is 11.5 Å². The molecule has 2 heterocycles. The number of ether oxygens (including phenoxy) is 3. The Morgan fingerprint density at radius 2 is 1.94 bits per heavy atom. The summed E-state index contributed by atoms with van der Waals surface area (Å²) in [6.45, 7) is 0.237. The molecule has 1 unspecified atom stereocenters. The number of benzene rings is 2. The smallest absolute Gasteiger partial charge is 0.414 e. The van der Waals surface area contributed by atoms with Crippen LogP contribution in [0, 0.1) is 0 Å². The number of hydrogen-bond acceptors (Lipinski definition) is 7. The predicted molar refractivity (Wildman–Crippen MR) is 121 cm³/mol. The number of carbonyl (C=O) groups excluding carboxylic acids is 2. The standard InChI is InChI=1S/C25H24N2O6/c1-30-22-14-18(8-5-9-21-24(28)27-25(29)33-21)10-12-20(22)31-15-19-16-32-23(26-19)13-11-17-6-3-2-4-7-17/h2-4,6-7,10-14,16,21H,5,8-9,15H2,1H3,(H,27,28,29)/b13-11+. The van der Waals surface area contributed by atoms with Crippen molar-refractivity contribution in [3.8, 4) is 11.5 Å². The van der Waals surface area contributed by atoms with E-state index in [1.54, 1.807) is 13.4 Å². The molecule has 0 radical (unpaired) electrons. The van der Waals surface area contributed by atoms with Crippen molar-refractivity contribution in [3.63, 3.8) is 0 Å². The van der Waals surface area contributed by atoms with Crippen molar-refractivity contribution in [1.82, 2.24) is 10.3 Å². The molecule has 0 bridgehead atoms. The SMILES string of the molecule is COc1cc(CCCC2OC(=O)NC2=O)ccc1OCc1coc(/C=C/c2ccccc2)n1. The second kappa shape index (κ2) is 10.5. The number of aromatic nitrogens is 1. The Bertz CT molecular complexity index is 1140. The first-order valence-corrected chi connectivity index (χ1v) is 10.6. The van der Waals surface area contributed by atoms with E-state index in [0.29, 0.717) is 42.3 Å². The maximum atomic E-state index is 11.6. The maximum Gasteiger partial charge on any atom is 0.414 e. The van der Waals surface area contributed by atoms with Gasteiger partial charge in [0.25, 0.3) is 5.91 Å². The van der Waals surface area contributed by atoms with Crippen molar-refractivity contribution < 1.29 is 28.2 Å². The summed E-state index contributed by atoms with van der Waals surface area (Å²) < 4.78 is 21.7. The normalized spacial score (nSPS) is 15.5. The first kappa shape index (κ1) is 22.1. The monoisotopic (exact) mass is 448 g/mol. The summed E-state index contributed by atoms with van der Waals surface area (Å²) >= 11 is 0. The summed E-state index contributed by atoms with van der Waals surface area (Å²) in [6.07, 6.45) is 5.77. The summed E-state index contributed by atoms with van der Waals surface area (Å²) in [5, 5.41) is 2.13. The van der Waals surface area contributed by atoms with E-state index >= 15 is 0 Å². The van der Waals surface area contributed by atoms with Gasteiger partial charge in [-0.1, -0.05) is 36.4 Å². The Balaban J connectivity index is 1.29. The van der Waals surface area contributed by atoms with Crippen molar-refractivity contribution in [2.24, 2.45) is 0 Å². The number of imide groups is 1. The van der Waals surface area contributed by atoms with Gasteiger partial charge in [-0.15, -0.1) is 0 Å². The lowest BCUT2D eigenvalue weighted by atomic mass is 10.1. The van der Waals surface area contributed by atoms with Crippen LogP contribution in [-0.2, 0) is 22.6 Å². The van der Waals surface area contributed by atoms with Crippen LogP contribution in [0.4, 0.5) is 4.79 Å². The van der Waals surface area contributed by atoms with Crippen LogP contribution in [-0.4, -0.2) is 30.2 Å². The van der Waals surface area contributed by atoms with Crippen molar-refractivity contribution in [2.75, 3.05) is 7.11 Å². The molecular formula is C25H24N2O6. The largest absolute Gasteiger partial charge is 0.493 e. The van der Waals surface area contributed by atoms with E-state index < -0.39 is 12.2 Å². The lowest BCUT2D eigenvalue weighted by Crippen LogP contribution is -2.24. The molecular weight excluding hydrogens is 424 g/mol. The van der Waals surface area contributed by atoms with E-state index in [0.717, 1.165) is 11.1 Å². The van der Waals surface area contributed by atoms with Crippen molar-refractivity contribution >= 4 is 24.2 Å². The minimum atomic E-state index is -0.711. The maximum absolute atomic E-state index is 11.6. The van der Waals surface area contributed by atoms with Gasteiger partial charge in [-0.3, -0.25) is 10.1 Å². The highest BCUT2D eigenvalue weighted by molar-refractivity contribution is 5.99. The average Bonchev–Trinajstić information content (AvgIpc) is 3.42. The number of nitrogens with one attached hydrogen (secondary N) is 1. The topological polar surface area (TPSA) is 99.9 Å². The van der Waals surface area contributed by atoms with Gasteiger partial charge in [0.1, 0.15) is 18.6 Å². The Hall–Kier alpha value is -4.07. The first-order valence-electron chi connectivity index (χ1n) is 10.6.